The Morgan fingerprint density at radius 2 is 1.77 bits per heavy atom. The Kier molecular flexibility index (Phi) is 5.32. The molecule has 0 rings (SSSR count). The Morgan fingerprint density at radius 1 is 1.23 bits per heavy atom. The summed E-state index contributed by atoms with van der Waals surface area (Å²) in [4.78, 5) is 0. The van der Waals surface area contributed by atoms with E-state index in [9.17, 15) is 13.2 Å². The Labute approximate surface area is 75.4 Å². The highest BCUT2D eigenvalue weighted by Crippen LogP contribution is 2.24. The molecule has 0 amide bonds. The first-order chi connectivity index (χ1) is 5.88. The zero-order valence-electron chi connectivity index (χ0n) is 7.51. The van der Waals surface area contributed by atoms with E-state index in [2.05, 4.69) is 0 Å². The molecule has 0 bridgehead atoms. The van der Waals surface area contributed by atoms with E-state index in [0.29, 0.717) is 12.8 Å². The van der Waals surface area contributed by atoms with Crippen molar-refractivity contribution in [2.45, 2.75) is 51.0 Å². The number of aliphatic hydroxyl groups excluding tert-OH is 2. The Balaban J connectivity index is 3.71. The number of unbranched alkanes of at least 4 members (excludes halogenated alkanes) is 1. The van der Waals surface area contributed by atoms with Gasteiger partial charge < -0.3 is 10.2 Å². The van der Waals surface area contributed by atoms with Crippen LogP contribution in [0.15, 0.2) is 0 Å². The van der Waals surface area contributed by atoms with Gasteiger partial charge in [-0.3, -0.25) is 0 Å². The maximum absolute atomic E-state index is 11.8. The van der Waals surface area contributed by atoms with Gasteiger partial charge in [-0.25, -0.2) is 0 Å². The minimum atomic E-state index is -4.62. The van der Waals surface area contributed by atoms with Gasteiger partial charge in [0.05, 0.1) is 6.10 Å². The van der Waals surface area contributed by atoms with Gasteiger partial charge in [0.25, 0.3) is 0 Å². The third-order valence-electron chi connectivity index (χ3n) is 1.76. The molecule has 80 valence electrons. The summed E-state index contributed by atoms with van der Waals surface area (Å²) in [5.41, 5.74) is 0. The van der Waals surface area contributed by atoms with Crippen molar-refractivity contribution in [3.63, 3.8) is 0 Å². The average molecular weight is 200 g/mol. The van der Waals surface area contributed by atoms with E-state index in [0.717, 1.165) is 6.42 Å². The summed E-state index contributed by atoms with van der Waals surface area (Å²) < 4.78 is 35.3. The predicted molar refractivity (Wildman–Crippen MR) is 42.2 cm³/mol. The third-order valence-corrected chi connectivity index (χ3v) is 1.76. The molecule has 2 atom stereocenters. The summed E-state index contributed by atoms with van der Waals surface area (Å²) in [7, 11) is 0. The average Bonchev–Trinajstić information content (AvgIpc) is 1.99. The van der Waals surface area contributed by atoms with Crippen LogP contribution in [-0.2, 0) is 0 Å². The van der Waals surface area contributed by atoms with Gasteiger partial charge in [-0.05, 0) is 6.42 Å². The molecule has 0 aliphatic carbocycles. The lowest BCUT2D eigenvalue weighted by molar-refractivity contribution is -0.211. The van der Waals surface area contributed by atoms with E-state index in [1.807, 2.05) is 6.92 Å². The molecule has 0 aliphatic rings. The van der Waals surface area contributed by atoms with Crippen molar-refractivity contribution in [1.82, 2.24) is 0 Å². The number of alkyl halides is 3. The quantitative estimate of drug-likeness (QED) is 0.711. The summed E-state index contributed by atoms with van der Waals surface area (Å²) in [5, 5.41) is 17.6. The number of aliphatic hydroxyl groups is 2. The van der Waals surface area contributed by atoms with Crippen molar-refractivity contribution in [2.24, 2.45) is 0 Å². The predicted octanol–water partition coefficient (Wildman–Crippen LogP) is 1.85. The highest BCUT2D eigenvalue weighted by atomic mass is 19.4. The van der Waals surface area contributed by atoms with Crippen LogP contribution in [0.2, 0.25) is 0 Å². The minimum absolute atomic E-state index is 0.309. The van der Waals surface area contributed by atoms with Crippen LogP contribution in [0.3, 0.4) is 0 Å². The smallest absolute Gasteiger partial charge is 0.393 e. The van der Waals surface area contributed by atoms with Gasteiger partial charge in [0.2, 0.25) is 0 Å². The van der Waals surface area contributed by atoms with Crippen LogP contribution in [0.1, 0.15) is 32.6 Å². The van der Waals surface area contributed by atoms with Gasteiger partial charge in [0, 0.05) is 6.42 Å². The summed E-state index contributed by atoms with van der Waals surface area (Å²) in [6, 6.07) is 0. The maximum atomic E-state index is 11.8. The van der Waals surface area contributed by atoms with Crippen LogP contribution in [0.4, 0.5) is 13.2 Å². The topological polar surface area (TPSA) is 40.5 Å². The molecule has 2 N–H and O–H groups in total. The SMILES string of the molecule is CCCCC(O)CC(O)C(F)(F)F. The Morgan fingerprint density at radius 3 is 2.15 bits per heavy atom. The molecule has 5 heteroatoms. The Hall–Kier alpha value is -0.290. The molecule has 0 spiro atoms. The fourth-order valence-electron chi connectivity index (χ4n) is 0.949. The summed E-state index contributed by atoms with van der Waals surface area (Å²) in [6.45, 7) is 1.88. The van der Waals surface area contributed by atoms with Gasteiger partial charge in [0.15, 0.2) is 6.10 Å². The molecule has 0 aromatic rings. The molecule has 2 nitrogen and oxygen atoms in total. The van der Waals surface area contributed by atoms with Crippen molar-refractivity contribution in [3.05, 3.63) is 0 Å². The lowest BCUT2D eigenvalue weighted by Gasteiger charge is -2.17. The molecule has 0 saturated carbocycles. The number of rotatable bonds is 5. The van der Waals surface area contributed by atoms with Gasteiger partial charge in [-0.2, -0.15) is 13.2 Å². The van der Waals surface area contributed by atoms with Crippen molar-refractivity contribution < 1.29 is 23.4 Å². The van der Waals surface area contributed by atoms with Crippen molar-refractivity contribution in [2.75, 3.05) is 0 Å². The molecule has 0 fully saturated rings. The van der Waals surface area contributed by atoms with Crippen LogP contribution >= 0.6 is 0 Å². The molecule has 2 unspecified atom stereocenters. The van der Waals surface area contributed by atoms with E-state index in [-0.39, 0.29) is 0 Å². The molecule has 0 aliphatic heterocycles. The monoisotopic (exact) mass is 200 g/mol. The van der Waals surface area contributed by atoms with Crippen LogP contribution in [0, 0.1) is 0 Å². The van der Waals surface area contributed by atoms with Crippen molar-refractivity contribution in [1.29, 1.82) is 0 Å². The first-order valence-corrected chi connectivity index (χ1v) is 4.30. The normalized spacial score (nSPS) is 17.1. The first kappa shape index (κ1) is 12.7. The van der Waals surface area contributed by atoms with E-state index in [1.165, 1.54) is 0 Å². The van der Waals surface area contributed by atoms with Crippen molar-refractivity contribution in [3.8, 4) is 0 Å². The van der Waals surface area contributed by atoms with Gasteiger partial charge in [-0.1, -0.05) is 19.8 Å². The molecule has 13 heavy (non-hydrogen) atoms. The number of halogens is 3. The third kappa shape index (κ3) is 5.87. The molecule has 0 saturated heterocycles. The lowest BCUT2D eigenvalue weighted by Crippen LogP contribution is -2.32. The van der Waals surface area contributed by atoms with Crippen LogP contribution in [-0.4, -0.2) is 28.6 Å². The molecule has 0 radical (unpaired) electrons. The zero-order valence-corrected chi connectivity index (χ0v) is 7.51. The van der Waals surface area contributed by atoms with E-state index < -0.39 is 24.8 Å². The van der Waals surface area contributed by atoms with Gasteiger partial charge in [-0.15, -0.1) is 0 Å². The molecule has 0 aromatic heterocycles. The highest BCUT2D eigenvalue weighted by molar-refractivity contribution is 4.69. The number of hydrogen-bond donors (Lipinski definition) is 2. The second-order valence-electron chi connectivity index (χ2n) is 3.09. The minimum Gasteiger partial charge on any atom is -0.393 e. The number of hydrogen-bond acceptors (Lipinski definition) is 2. The van der Waals surface area contributed by atoms with E-state index in [1.54, 1.807) is 0 Å². The van der Waals surface area contributed by atoms with E-state index >= 15 is 0 Å². The highest BCUT2D eigenvalue weighted by Gasteiger charge is 2.38. The lowest BCUT2D eigenvalue weighted by atomic mass is 10.1. The summed E-state index contributed by atoms with van der Waals surface area (Å²) >= 11 is 0. The summed E-state index contributed by atoms with van der Waals surface area (Å²) in [6.07, 6.45) is -6.90. The van der Waals surface area contributed by atoms with Gasteiger partial charge in [0.1, 0.15) is 0 Å². The first-order valence-electron chi connectivity index (χ1n) is 4.30. The fourth-order valence-corrected chi connectivity index (χ4v) is 0.949. The second kappa shape index (κ2) is 5.44. The van der Waals surface area contributed by atoms with Crippen LogP contribution in [0.5, 0.6) is 0 Å². The largest absolute Gasteiger partial charge is 0.414 e. The zero-order chi connectivity index (χ0) is 10.5. The van der Waals surface area contributed by atoms with E-state index in [4.69, 9.17) is 10.2 Å². The molecular weight excluding hydrogens is 185 g/mol. The van der Waals surface area contributed by atoms with Crippen molar-refractivity contribution >= 4 is 0 Å². The standard InChI is InChI=1S/C8H15F3O2/c1-2-3-4-6(12)5-7(13)8(9,10)11/h6-7,12-13H,2-5H2,1H3. The second-order valence-corrected chi connectivity index (χ2v) is 3.09. The molecular formula is C8H15F3O2. The summed E-state index contributed by atoms with van der Waals surface area (Å²) in [5.74, 6) is 0. The molecule has 0 heterocycles. The Bertz CT molecular complexity index is 136. The van der Waals surface area contributed by atoms with Crippen LogP contribution < -0.4 is 0 Å². The van der Waals surface area contributed by atoms with Crippen LogP contribution in [0.25, 0.3) is 0 Å². The maximum Gasteiger partial charge on any atom is 0.414 e. The van der Waals surface area contributed by atoms with Gasteiger partial charge >= 0.3 is 6.18 Å². The fraction of sp³-hybridized carbons (Fsp3) is 1.00. The molecule has 0 aromatic carbocycles.